The molecule has 0 aromatic heterocycles. The van der Waals surface area contributed by atoms with Gasteiger partial charge in [-0.1, -0.05) is 23.7 Å². The van der Waals surface area contributed by atoms with Crippen LogP contribution in [0.4, 0.5) is 11.4 Å². The van der Waals surface area contributed by atoms with Crippen LogP contribution in [0.25, 0.3) is 0 Å². The number of anilines is 1. The van der Waals surface area contributed by atoms with Gasteiger partial charge in [0.15, 0.2) is 0 Å². The molecule has 2 aromatic carbocycles. The summed E-state index contributed by atoms with van der Waals surface area (Å²) in [4.78, 5) is 27.3. The highest BCUT2D eigenvalue weighted by atomic mass is 35.5. The van der Waals surface area contributed by atoms with Gasteiger partial charge in [-0.05, 0) is 23.8 Å². The van der Waals surface area contributed by atoms with Crippen molar-refractivity contribution in [3.05, 3.63) is 68.7 Å². The number of nitrogens with one attached hydrogen (secondary N) is 1. The zero-order valence-corrected chi connectivity index (χ0v) is 17.8. The molecule has 8 nitrogen and oxygen atoms in total. The van der Waals surface area contributed by atoms with E-state index in [1.807, 2.05) is 19.0 Å². The van der Waals surface area contributed by atoms with Crippen molar-refractivity contribution in [1.29, 1.82) is 0 Å². The first-order valence-corrected chi connectivity index (χ1v) is 10.1. The Bertz CT molecular complexity index is 898. The van der Waals surface area contributed by atoms with Crippen molar-refractivity contribution in [2.45, 2.75) is 6.04 Å². The van der Waals surface area contributed by atoms with Gasteiger partial charge in [0, 0.05) is 51.5 Å². The number of benzene rings is 2. The van der Waals surface area contributed by atoms with Gasteiger partial charge in [-0.3, -0.25) is 19.8 Å². The summed E-state index contributed by atoms with van der Waals surface area (Å²) in [7, 11) is 3.98. The Labute approximate surface area is 180 Å². The highest BCUT2D eigenvalue weighted by Crippen LogP contribution is 2.25. The SMILES string of the molecule is CN(C)c1ccc([C@@H](CNC(=O)c2ccc([N+](=O)[O-])cc2Cl)N2CCOCC2)cc1. The molecule has 1 fully saturated rings. The molecule has 1 aliphatic heterocycles. The fraction of sp³-hybridized carbons (Fsp3) is 0.381. The Morgan fingerprint density at radius 2 is 1.90 bits per heavy atom. The molecule has 0 unspecified atom stereocenters. The molecular weight excluding hydrogens is 408 g/mol. The van der Waals surface area contributed by atoms with Gasteiger partial charge >= 0.3 is 0 Å². The molecule has 3 rings (SSSR count). The molecule has 0 radical (unpaired) electrons. The number of non-ortho nitro benzene ring substituents is 1. The molecule has 1 amide bonds. The maximum absolute atomic E-state index is 12.7. The van der Waals surface area contributed by atoms with Crippen molar-refractivity contribution in [2.24, 2.45) is 0 Å². The summed E-state index contributed by atoms with van der Waals surface area (Å²) in [6.45, 7) is 3.22. The second kappa shape index (κ2) is 9.88. The Balaban J connectivity index is 1.76. The molecule has 0 spiro atoms. The van der Waals surface area contributed by atoms with Crippen molar-refractivity contribution in [2.75, 3.05) is 51.8 Å². The minimum absolute atomic E-state index is 0.0223. The van der Waals surface area contributed by atoms with Crippen LogP contribution in [0.3, 0.4) is 0 Å². The van der Waals surface area contributed by atoms with E-state index in [9.17, 15) is 14.9 Å². The van der Waals surface area contributed by atoms with Gasteiger partial charge in [0.05, 0.1) is 34.8 Å². The molecule has 2 aromatic rings. The number of hydrogen-bond donors (Lipinski definition) is 1. The maximum Gasteiger partial charge on any atom is 0.270 e. The number of hydrogen-bond acceptors (Lipinski definition) is 6. The summed E-state index contributed by atoms with van der Waals surface area (Å²) in [5.41, 5.74) is 2.26. The Morgan fingerprint density at radius 1 is 1.23 bits per heavy atom. The van der Waals surface area contributed by atoms with E-state index in [4.69, 9.17) is 16.3 Å². The molecule has 30 heavy (non-hydrogen) atoms. The Kier molecular flexibility index (Phi) is 7.25. The average molecular weight is 433 g/mol. The second-order valence-electron chi connectivity index (χ2n) is 7.28. The molecule has 1 aliphatic rings. The molecule has 1 saturated heterocycles. The largest absolute Gasteiger partial charge is 0.379 e. The highest BCUT2D eigenvalue weighted by molar-refractivity contribution is 6.34. The third kappa shape index (κ3) is 5.27. The number of halogens is 1. The van der Waals surface area contributed by atoms with Crippen LogP contribution in [0.1, 0.15) is 22.0 Å². The van der Waals surface area contributed by atoms with E-state index in [1.165, 1.54) is 18.2 Å². The fourth-order valence-electron chi connectivity index (χ4n) is 3.43. The van der Waals surface area contributed by atoms with Crippen LogP contribution < -0.4 is 10.2 Å². The molecule has 9 heteroatoms. The van der Waals surface area contributed by atoms with E-state index >= 15 is 0 Å². The lowest BCUT2D eigenvalue weighted by Gasteiger charge is -2.35. The van der Waals surface area contributed by atoms with Gasteiger partial charge in [-0.15, -0.1) is 0 Å². The zero-order chi connectivity index (χ0) is 21.7. The first-order valence-electron chi connectivity index (χ1n) is 9.68. The first kappa shape index (κ1) is 22.0. The molecule has 1 heterocycles. The van der Waals surface area contributed by atoms with Crippen molar-refractivity contribution < 1.29 is 14.5 Å². The summed E-state index contributed by atoms with van der Waals surface area (Å²) in [6.07, 6.45) is 0. The topological polar surface area (TPSA) is 88.0 Å². The number of rotatable bonds is 7. The Hall–Kier alpha value is -2.68. The van der Waals surface area contributed by atoms with Crippen molar-refractivity contribution in [3.8, 4) is 0 Å². The maximum atomic E-state index is 12.7. The number of ether oxygens (including phenoxy) is 1. The van der Waals surface area contributed by atoms with Gasteiger partial charge in [-0.25, -0.2) is 0 Å². The standard InChI is InChI=1S/C21H25ClN4O4/c1-24(2)16-5-3-15(4-6-16)20(25-9-11-30-12-10-25)14-23-21(27)18-8-7-17(26(28)29)13-19(18)22/h3-8,13,20H,9-12,14H2,1-2H3,(H,23,27)/t20-/m1/s1. The first-order chi connectivity index (χ1) is 14.4. The summed E-state index contributed by atoms with van der Waals surface area (Å²) in [5, 5.41) is 13.9. The quantitative estimate of drug-likeness (QED) is 0.534. The van der Waals surface area contributed by atoms with E-state index in [1.54, 1.807) is 0 Å². The predicted octanol–water partition coefficient (Wildman–Crippen LogP) is 3.12. The van der Waals surface area contributed by atoms with E-state index < -0.39 is 4.92 Å². The fourth-order valence-corrected chi connectivity index (χ4v) is 3.69. The van der Waals surface area contributed by atoms with Crippen molar-refractivity contribution >= 4 is 28.9 Å². The lowest BCUT2D eigenvalue weighted by atomic mass is 10.0. The van der Waals surface area contributed by atoms with Crippen LogP contribution in [0.5, 0.6) is 0 Å². The number of amides is 1. The molecule has 1 atom stereocenters. The summed E-state index contributed by atoms with van der Waals surface area (Å²) in [6, 6.07) is 12.1. The minimum atomic E-state index is -0.542. The molecule has 1 N–H and O–H groups in total. The summed E-state index contributed by atoms with van der Waals surface area (Å²) >= 11 is 6.10. The Morgan fingerprint density at radius 3 is 2.47 bits per heavy atom. The van der Waals surface area contributed by atoms with Crippen molar-refractivity contribution in [1.82, 2.24) is 10.2 Å². The molecular formula is C21H25ClN4O4. The number of nitro groups is 1. The smallest absolute Gasteiger partial charge is 0.270 e. The molecule has 160 valence electrons. The van der Waals surface area contributed by atoms with Crippen LogP contribution in [0.2, 0.25) is 5.02 Å². The third-order valence-electron chi connectivity index (χ3n) is 5.14. The van der Waals surface area contributed by atoms with E-state index in [0.717, 1.165) is 24.3 Å². The molecule has 0 bridgehead atoms. The van der Waals surface area contributed by atoms with Gasteiger partial charge in [0.25, 0.3) is 11.6 Å². The van der Waals surface area contributed by atoms with Crippen molar-refractivity contribution in [3.63, 3.8) is 0 Å². The number of carbonyl (C=O) groups excluding carboxylic acids is 1. The average Bonchev–Trinajstić information content (AvgIpc) is 2.74. The van der Waals surface area contributed by atoms with Gasteiger partial charge < -0.3 is 15.0 Å². The van der Waals surface area contributed by atoms with Crippen LogP contribution >= 0.6 is 11.6 Å². The monoisotopic (exact) mass is 432 g/mol. The highest BCUT2D eigenvalue weighted by Gasteiger charge is 2.24. The van der Waals surface area contributed by atoms with Gasteiger partial charge in [0.2, 0.25) is 0 Å². The third-order valence-corrected chi connectivity index (χ3v) is 5.46. The van der Waals surface area contributed by atoms with E-state index in [-0.39, 0.29) is 28.2 Å². The lowest BCUT2D eigenvalue weighted by molar-refractivity contribution is -0.384. The van der Waals surface area contributed by atoms with Crippen LogP contribution in [-0.4, -0.2) is 62.7 Å². The predicted molar refractivity (Wildman–Crippen MR) is 116 cm³/mol. The molecule has 0 aliphatic carbocycles. The number of carbonyl (C=O) groups is 1. The number of morpholine rings is 1. The second-order valence-corrected chi connectivity index (χ2v) is 7.69. The van der Waals surface area contributed by atoms with Gasteiger partial charge in [0.1, 0.15) is 0 Å². The normalized spacial score (nSPS) is 15.4. The lowest BCUT2D eigenvalue weighted by Crippen LogP contribution is -2.43. The van der Waals surface area contributed by atoms with E-state index in [2.05, 4.69) is 34.5 Å². The molecule has 0 saturated carbocycles. The zero-order valence-electron chi connectivity index (χ0n) is 17.0. The minimum Gasteiger partial charge on any atom is -0.379 e. The number of nitro benzene ring substituents is 1. The number of nitrogens with zero attached hydrogens (tertiary/aromatic N) is 3. The van der Waals surface area contributed by atoms with Crippen LogP contribution in [0, 0.1) is 10.1 Å². The van der Waals surface area contributed by atoms with Crippen LogP contribution in [-0.2, 0) is 4.74 Å². The van der Waals surface area contributed by atoms with E-state index in [0.29, 0.717) is 19.8 Å². The van der Waals surface area contributed by atoms with Gasteiger partial charge in [-0.2, -0.15) is 0 Å². The summed E-state index contributed by atoms with van der Waals surface area (Å²) in [5.74, 6) is -0.363. The summed E-state index contributed by atoms with van der Waals surface area (Å²) < 4.78 is 5.47. The van der Waals surface area contributed by atoms with Crippen LogP contribution in [0.15, 0.2) is 42.5 Å².